The van der Waals surface area contributed by atoms with Gasteiger partial charge in [0.2, 0.25) is 0 Å². The maximum atomic E-state index is 13.0. The molecule has 5 atom stereocenters. The van der Waals surface area contributed by atoms with Crippen LogP contribution in [0, 0.1) is 23.2 Å². The summed E-state index contributed by atoms with van der Waals surface area (Å²) in [4.78, 5) is 15.4. The highest BCUT2D eigenvalue weighted by Crippen LogP contribution is 2.58. The van der Waals surface area contributed by atoms with Gasteiger partial charge in [0.15, 0.2) is 0 Å². The number of rotatable bonds is 4. The van der Waals surface area contributed by atoms with Crippen LogP contribution in [0.5, 0.6) is 0 Å². The predicted molar refractivity (Wildman–Crippen MR) is 88.8 cm³/mol. The molecule has 3 nitrogen and oxygen atoms in total. The van der Waals surface area contributed by atoms with Crippen molar-refractivity contribution in [2.75, 3.05) is 26.3 Å². The van der Waals surface area contributed by atoms with Gasteiger partial charge in [-0.3, -0.25) is 9.69 Å². The van der Waals surface area contributed by atoms with Gasteiger partial charge in [-0.2, -0.15) is 0 Å². The minimum atomic E-state index is 0.283. The SMILES string of the molecule is CCC1CCCC2(C)C(C(=O)CN3CCOCC3C)CCC12. The van der Waals surface area contributed by atoms with Crippen LogP contribution < -0.4 is 0 Å². The van der Waals surface area contributed by atoms with Gasteiger partial charge in [0.05, 0.1) is 19.8 Å². The summed E-state index contributed by atoms with van der Waals surface area (Å²) in [6, 6.07) is 0.387. The Morgan fingerprint density at radius 2 is 2.14 bits per heavy atom. The van der Waals surface area contributed by atoms with Gasteiger partial charge in [0.1, 0.15) is 5.78 Å². The van der Waals surface area contributed by atoms with Crippen LogP contribution in [-0.4, -0.2) is 43.0 Å². The second kappa shape index (κ2) is 6.60. The summed E-state index contributed by atoms with van der Waals surface area (Å²) in [6.07, 6.45) is 7.69. The summed E-state index contributed by atoms with van der Waals surface area (Å²) >= 11 is 0. The summed E-state index contributed by atoms with van der Waals surface area (Å²) in [7, 11) is 0. The summed E-state index contributed by atoms with van der Waals surface area (Å²) in [6.45, 7) is 10.1. The van der Waals surface area contributed by atoms with Crippen LogP contribution in [0.4, 0.5) is 0 Å². The molecule has 1 aliphatic heterocycles. The third-order valence-electron chi connectivity index (χ3n) is 7.05. The molecule has 3 fully saturated rings. The van der Waals surface area contributed by atoms with E-state index in [0.29, 0.717) is 24.3 Å². The Bertz CT molecular complexity index is 410. The number of morpholine rings is 1. The van der Waals surface area contributed by atoms with Crippen LogP contribution in [0.15, 0.2) is 0 Å². The molecule has 3 aliphatic rings. The van der Waals surface area contributed by atoms with E-state index in [1.807, 2.05) is 0 Å². The Morgan fingerprint density at radius 3 is 2.86 bits per heavy atom. The number of nitrogens with zero attached hydrogens (tertiary/aromatic N) is 1. The third kappa shape index (κ3) is 2.87. The number of carbonyl (C=O) groups excluding carboxylic acids is 1. The maximum Gasteiger partial charge on any atom is 0.150 e. The van der Waals surface area contributed by atoms with Crippen LogP contribution in [0.1, 0.15) is 59.3 Å². The van der Waals surface area contributed by atoms with E-state index < -0.39 is 0 Å². The lowest BCUT2D eigenvalue weighted by Gasteiger charge is -2.45. The number of carbonyl (C=O) groups is 1. The van der Waals surface area contributed by atoms with Crippen molar-refractivity contribution in [3.63, 3.8) is 0 Å². The highest BCUT2D eigenvalue weighted by atomic mass is 16.5. The molecule has 0 bridgehead atoms. The van der Waals surface area contributed by atoms with Crippen LogP contribution in [0.25, 0.3) is 0 Å². The molecule has 0 radical (unpaired) electrons. The lowest BCUT2D eigenvalue weighted by molar-refractivity contribution is -0.131. The van der Waals surface area contributed by atoms with E-state index in [1.165, 1.54) is 32.1 Å². The molecule has 0 aromatic heterocycles. The lowest BCUT2D eigenvalue weighted by Crippen LogP contribution is -2.48. The van der Waals surface area contributed by atoms with E-state index in [-0.39, 0.29) is 5.41 Å². The average Bonchev–Trinajstić information content (AvgIpc) is 2.86. The van der Waals surface area contributed by atoms with Gasteiger partial charge in [0, 0.05) is 18.5 Å². The normalized spacial score (nSPS) is 43.0. The molecule has 2 saturated carbocycles. The monoisotopic (exact) mass is 307 g/mol. The molecule has 0 aromatic carbocycles. The van der Waals surface area contributed by atoms with Crippen molar-refractivity contribution in [2.45, 2.75) is 65.3 Å². The van der Waals surface area contributed by atoms with Crippen molar-refractivity contribution >= 4 is 5.78 Å². The van der Waals surface area contributed by atoms with Gasteiger partial charge >= 0.3 is 0 Å². The minimum Gasteiger partial charge on any atom is -0.379 e. The average molecular weight is 307 g/mol. The Hall–Kier alpha value is -0.410. The van der Waals surface area contributed by atoms with E-state index in [4.69, 9.17) is 4.74 Å². The maximum absolute atomic E-state index is 13.0. The van der Waals surface area contributed by atoms with Crippen LogP contribution in [0.3, 0.4) is 0 Å². The highest BCUT2D eigenvalue weighted by molar-refractivity contribution is 5.84. The number of hydrogen-bond acceptors (Lipinski definition) is 3. The van der Waals surface area contributed by atoms with Gasteiger partial charge < -0.3 is 4.74 Å². The van der Waals surface area contributed by atoms with Crippen molar-refractivity contribution in [2.24, 2.45) is 23.2 Å². The van der Waals surface area contributed by atoms with Gasteiger partial charge in [-0.15, -0.1) is 0 Å². The van der Waals surface area contributed by atoms with Crippen LogP contribution in [-0.2, 0) is 9.53 Å². The molecule has 22 heavy (non-hydrogen) atoms. The second-order valence-electron chi connectivity index (χ2n) is 8.16. The smallest absolute Gasteiger partial charge is 0.150 e. The van der Waals surface area contributed by atoms with E-state index in [2.05, 4.69) is 25.7 Å². The van der Waals surface area contributed by atoms with Gasteiger partial charge in [-0.25, -0.2) is 0 Å². The minimum absolute atomic E-state index is 0.283. The molecule has 0 amide bonds. The number of Topliss-reactive ketones (excluding diaryl/α,β-unsaturated/α-hetero) is 1. The molecule has 3 rings (SSSR count). The molecule has 0 spiro atoms. The van der Waals surface area contributed by atoms with Crippen molar-refractivity contribution in [1.29, 1.82) is 0 Å². The van der Waals surface area contributed by atoms with Gasteiger partial charge in [-0.05, 0) is 43.4 Å². The first-order chi connectivity index (χ1) is 10.6. The van der Waals surface area contributed by atoms with Crippen molar-refractivity contribution < 1.29 is 9.53 Å². The molecule has 0 N–H and O–H groups in total. The topological polar surface area (TPSA) is 29.5 Å². The fraction of sp³-hybridized carbons (Fsp3) is 0.947. The van der Waals surface area contributed by atoms with Crippen LogP contribution in [0.2, 0.25) is 0 Å². The fourth-order valence-electron chi connectivity index (χ4n) is 5.67. The molecular weight excluding hydrogens is 274 g/mol. The second-order valence-corrected chi connectivity index (χ2v) is 8.16. The van der Waals surface area contributed by atoms with Gasteiger partial charge in [0.25, 0.3) is 0 Å². The van der Waals surface area contributed by atoms with Crippen molar-refractivity contribution in [3.8, 4) is 0 Å². The fourth-order valence-corrected chi connectivity index (χ4v) is 5.67. The summed E-state index contributed by atoms with van der Waals surface area (Å²) in [5.74, 6) is 2.47. The first-order valence-corrected chi connectivity index (χ1v) is 9.40. The Kier molecular flexibility index (Phi) is 4.94. The first kappa shape index (κ1) is 16.4. The standard InChI is InChI=1S/C19H33NO2/c1-4-15-6-5-9-19(3)16(15)7-8-17(19)18(21)12-20-10-11-22-13-14(20)2/h14-17H,4-13H2,1-3H3. The quantitative estimate of drug-likeness (QED) is 0.796. The van der Waals surface area contributed by atoms with Gasteiger partial charge in [-0.1, -0.05) is 33.1 Å². The number of hydrogen-bond donors (Lipinski definition) is 0. The summed E-state index contributed by atoms with van der Waals surface area (Å²) in [5.41, 5.74) is 0.283. The zero-order valence-corrected chi connectivity index (χ0v) is 14.6. The summed E-state index contributed by atoms with van der Waals surface area (Å²) in [5, 5.41) is 0. The first-order valence-electron chi connectivity index (χ1n) is 9.40. The molecular formula is C19H33NO2. The lowest BCUT2D eigenvalue weighted by atomic mass is 9.60. The molecule has 126 valence electrons. The number of ketones is 1. The highest BCUT2D eigenvalue weighted by Gasteiger charge is 2.52. The van der Waals surface area contributed by atoms with E-state index >= 15 is 0 Å². The zero-order chi connectivity index (χ0) is 15.7. The predicted octanol–water partition coefficient (Wildman–Crippen LogP) is 3.52. The molecule has 5 unspecified atom stereocenters. The number of fused-ring (bicyclic) bond motifs is 1. The molecule has 1 heterocycles. The Balaban J connectivity index is 1.68. The molecule has 2 aliphatic carbocycles. The van der Waals surface area contributed by atoms with E-state index in [0.717, 1.165) is 38.0 Å². The number of ether oxygens (including phenoxy) is 1. The van der Waals surface area contributed by atoms with E-state index in [1.54, 1.807) is 0 Å². The third-order valence-corrected chi connectivity index (χ3v) is 7.05. The summed E-state index contributed by atoms with van der Waals surface area (Å²) < 4.78 is 5.50. The molecule has 3 heteroatoms. The zero-order valence-electron chi connectivity index (χ0n) is 14.6. The van der Waals surface area contributed by atoms with Crippen molar-refractivity contribution in [3.05, 3.63) is 0 Å². The Morgan fingerprint density at radius 1 is 1.32 bits per heavy atom. The van der Waals surface area contributed by atoms with E-state index in [9.17, 15) is 4.79 Å². The van der Waals surface area contributed by atoms with Crippen molar-refractivity contribution in [1.82, 2.24) is 4.90 Å². The largest absolute Gasteiger partial charge is 0.379 e. The molecule has 0 aromatic rings. The Labute approximate surface area is 135 Å². The molecule has 1 saturated heterocycles. The van der Waals surface area contributed by atoms with Crippen LogP contribution >= 0.6 is 0 Å².